The standard InChI is InChI=1S/C25H21Cl2N5O2/c1-3-21-30-23(31-32(21)22-18(26)12-8-13-19(22)27)25(34)29-20-14-7-11-17(15(20)2)24(33)28-16-9-5-4-6-10-16/h4-14H,3H2,1-2H3,(H,28,33)(H,29,34). The molecule has 0 saturated carbocycles. The Bertz CT molecular complexity index is 1350. The summed E-state index contributed by atoms with van der Waals surface area (Å²) in [5.41, 5.74) is 2.69. The van der Waals surface area contributed by atoms with E-state index in [0.29, 0.717) is 50.5 Å². The molecule has 0 unspecified atom stereocenters. The molecule has 1 aromatic heterocycles. The van der Waals surface area contributed by atoms with Crippen molar-refractivity contribution in [2.75, 3.05) is 10.6 Å². The topological polar surface area (TPSA) is 88.9 Å². The van der Waals surface area contributed by atoms with Crippen LogP contribution in [0.2, 0.25) is 10.0 Å². The molecule has 0 bridgehead atoms. The molecule has 172 valence electrons. The molecule has 4 rings (SSSR count). The van der Waals surface area contributed by atoms with Crippen molar-refractivity contribution in [2.24, 2.45) is 0 Å². The zero-order valence-electron chi connectivity index (χ0n) is 18.5. The second-order valence-corrected chi connectivity index (χ2v) is 8.25. The summed E-state index contributed by atoms with van der Waals surface area (Å²) in [5, 5.41) is 10.8. The Labute approximate surface area is 206 Å². The Morgan fingerprint density at radius 2 is 1.56 bits per heavy atom. The summed E-state index contributed by atoms with van der Waals surface area (Å²) in [4.78, 5) is 30.1. The number of carbonyl (C=O) groups excluding carboxylic acids is 2. The number of amides is 2. The number of hydrogen-bond donors (Lipinski definition) is 2. The molecule has 0 aliphatic heterocycles. The highest BCUT2D eigenvalue weighted by Gasteiger charge is 2.21. The maximum atomic E-state index is 13.0. The number of carbonyl (C=O) groups is 2. The molecule has 9 heteroatoms. The maximum absolute atomic E-state index is 13.0. The van der Waals surface area contributed by atoms with Gasteiger partial charge in [0.05, 0.1) is 10.0 Å². The fraction of sp³-hybridized carbons (Fsp3) is 0.120. The summed E-state index contributed by atoms with van der Waals surface area (Å²) in [7, 11) is 0. The van der Waals surface area contributed by atoms with Gasteiger partial charge in [-0.1, -0.05) is 60.5 Å². The van der Waals surface area contributed by atoms with Crippen LogP contribution >= 0.6 is 23.2 Å². The second kappa shape index (κ2) is 10.1. The third-order valence-electron chi connectivity index (χ3n) is 5.20. The second-order valence-electron chi connectivity index (χ2n) is 7.44. The van der Waals surface area contributed by atoms with Crippen molar-refractivity contribution in [3.8, 4) is 5.69 Å². The average Bonchev–Trinajstić information content (AvgIpc) is 3.25. The molecule has 2 amide bonds. The van der Waals surface area contributed by atoms with Crippen LogP contribution in [0.25, 0.3) is 5.69 Å². The molecule has 0 spiro atoms. The van der Waals surface area contributed by atoms with Gasteiger partial charge in [0, 0.05) is 23.4 Å². The zero-order valence-corrected chi connectivity index (χ0v) is 20.0. The van der Waals surface area contributed by atoms with Crippen LogP contribution in [0.4, 0.5) is 11.4 Å². The minimum absolute atomic E-state index is 0.0358. The van der Waals surface area contributed by atoms with Gasteiger partial charge >= 0.3 is 0 Å². The molecule has 34 heavy (non-hydrogen) atoms. The fourth-order valence-electron chi connectivity index (χ4n) is 3.46. The Morgan fingerprint density at radius 1 is 0.882 bits per heavy atom. The van der Waals surface area contributed by atoms with E-state index < -0.39 is 5.91 Å². The van der Waals surface area contributed by atoms with Crippen LogP contribution in [-0.2, 0) is 6.42 Å². The molecule has 4 aromatic rings. The predicted molar refractivity (Wildman–Crippen MR) is 134 cm³/mol. The highest BCUT2D eigenvalue weighted by atomic mass is 35.5. The van der Waals surface area contributed by atoms with Crippen LogP contribution in [0, 0.1) is 6.92 Å². The average molecular weight is 494 g/mol. The maximum Gasteiger partial charge on any atom is 0.295 e. The lowest BCUT2D eigenvalue weighted by Crippen LogP contribution is -2.18. The van der Waals surface area contributed by atoms with E-state index in [1.54, 1.807) is 55.5 Å². The van der Waals surface area contributed by atoms with Crippen LogP contribution in [0.5, 0.6) is 0 Å². The number of halogens is 2. The van der Waals surface area contributed by atoms with Crippen molar-refractivity contribution >= 4 is 46.4 Å². The third-order valence-corrected chi connectivity index (χ3v) is 5.81. The van der Waals surface area contributed by atoms with E-state index in [-0.39, 0.29) is 11.7 Å². The van der Waals surface area contributed by atoms with Crippen LogP contribution in [0.1, 0.15) is 39.3 Å². The number of hydrogen-bond acceptors (Lipinski definition) is 4. The number of rotatable bonds is 6. The van der Waals surface area contributed by atoms with Gasteiger partial charge in [-0.3, -0.25) is 9.59 Å². The first kappa shape index (κ1) is 23.5. The first-order valence-corrected chi connectivity index (χ1v) is 11.3. The molecule has 0 atom stereocenters. The Hall–Kier alpha value is -3.68. The zero-order chi connectivity index (χ0) is 24.2. The Kier molecular flexibility index (Phi) is 6.95. The van der Waals surface area contributed by atoms with E-state index in [1.807, 2.05) is 25.1 Å². The number of aryl methyl sites for hydroxylation is 1. The number of benzene rings is 3. The first-order chi connectivity index (χ1) is 16.4. The fourth-order valence-corrected chi connectivity index (χ4v) is 4.01. The molecule has 1 heterocycles. The summed E-state index contributed by atoms with van der Waals surface area (Å²) < 4.78 is 1.48. The molecular weight excluding hydrogens is 473 g/mol. The summed E-state index contributed by atoms with van der Waals surface area (Å²) in [5.74, 6) is -0.289. The Morgan fingerprint density at radius 3 is 2.24 bits per heavy atom. The van der Waals surface area contributed by atoms with E-state index in [0.717, 1.165) is 0 Å². The minimum atomic E-state index is -0.514. The monoisotopic (exact) mass is 493 g/mol. The van der Waals surface area contributed by atoms with E-state index in [2.05, 4.69) is 20.7 Å². The summed E-state index contributed by atoms with van der Waals surface area (Å²) >= 11 is 12.7. The van der Waals surface area contributed by atoms with Gasteiger partial charge in [0.25, 0.3) is 11.8 Å². The van der Waals surface area contributed by atoms with Gasteiger partial charge < -0.3 is 10.6 Å². The lowest BCUT2D eigenvalue weighted by atomic mass is 10.1. The molecular formula is C25H21Cl2N5O2. The summed E-state index contributed by atoms with van der Waals surface area (Å²) in [6, 6.07) is 19.4. The van der Waals surface area contributed by atoms with Gasteiger partial charge in [0.1, 0.15) is 11.5 Å². The molecule has 2 N–H and O–H groups in total. The van der Waals surface area contributed by atoms with E-state index in [4.69, 9.17) is 23.2 Å². The van der Waals surface area contributed by atoms with E-state index in [1.165, 1.54) is 4.68 Å². The summed E-state index contributed by atoms with van der Waals surface area (Å²) in [6.07, 6.45) is 0.510. The molecule has 0 radical (unpaired) electrons. The van der Waals surface area contributed by atoms with Crippen LogP contribution < -0.4 is 10.6 Å². The largest absolute Gasteiger partial charge is 0.322 e. The number of nitrogens with zero attached hydrogens (tertiary/aromatic N) is 3. The van der Waals surface area contributed by atoms with Crippen LogP contribution in [0.15, 0.2) is 66.7 Å². The number of anilines is 2. The number of aromatic nitrogens is 3. The molecule has 0 saturated heterocycles. The van der Waals surface area contributed by atoms with Crippen molar-refractivity contribution in [2.45, 2.75) is 20.3 Å². The highest BCUT2D eigenvalue weighted by Crippen LogP contribution is 2.29. The first-order valence-electron chi connectivity index (χ1n) is 10.6. The number of nitrogens with one attached hydrogen (secondary N) is 2. The van der Waals surface area contributed by atoms with Crippen molar-refractivity contribution in [3.05, 3.63) is 99.6 Å². The SMILES string of the molecule is CCc1nc(C(=O)Nc2cccc(C(=O)Nc3ccccc3)c2C)nn1-c1c(Cl)cccc1Cl. The molecule has 0 fully saturated rings. The van der Waals surface area contributed by atoms with Gasteiger partial charge in [-0.25, -0.2) is 9.67 Å². The van der Waals surface area contributed by atoms with Crippen molar-refractivity contribution < 1.29 is 9.59 Å². The smallest absolute Gasteiger partial charge is 0.295 e. The quantitative estimate of drug-likeness (QED) is 0.347. The van der Waals surface area contributed by atoms with Crippen LogP contribution in [-0.4, -0.2) is 26.6 Å². The van der Waals surface area contributed by atoms with Gasteiger partial charge in [-0.15, -0.1) is 5.10 Å². The van der Waals surface area contributed by atoms with E-state index >= 15 is 0 Å². The molecule has 3 aromatic carbocycles. The van der Waals surface area contributed by atoms with Gasteiger partial charge in [0.2, 0.25) is 5.82 Å². The van der Waals surface area contributed by atoms with Gasteiger partial charge in [-0.2, -0.15) is 0 Å². The van der Waals surface area contributed by atoms with Gasteiger partial charge in [0.15, 0.2) is 0 Å². The highest BCUT2D eigenvalue weighted by molar-refractivity contribution is 6.37. The van der Waals surface area contributed by atoms with E-state index in [9.17, 15) is 9.59 Å². The summed E-state index contributed by atoms with van der Waals surface area (Å²) in [6.45, 7) is 3.66. The normalized spacial score (nSPS) is 10.7. The molecule has 0 aliphatic rings. The van der Waals surface area contributed by atoms with Crippen molar-refractivity contribution in [1.29, 1.82) is 0 Å². The van der Waals surface area contributed by atoms with Crippen molar-refractivity contribution in [3.63, 3.8) is 0 Å². The number of para-hydroxylation sites is 2. The Balaban J connectivity index is 1.60. The van der Waals surface area contributed by atoms with Gasteiger partial charge in [-0.05, 0) is 48.9 Å². The lowest BCUT2D eigenvalue weighted by molar-refractivity contribution is 0.101. The van der Waals surface area contributed by atoms with Crippen molar-refractivity contribution in [1.82, 2.24) is 14.8 Å². The predicted octanol–water partition coefficient (Wildman–Crippen LogP) is 5.95. The van der Waals surface area contributed by atoms with Crippen LogP contribution in [0.3, 0.4) is 0 Å². The lowest BCUT2D eigenvalue weighted by Gasteiger charge is -2.12. The molecule has 0 aliphatic carbocycles. The minimum Gasteiger partial charge on any atom is -0.322 e. The third kappa shape index (κ3) is 4.81. The molecule has 7 nitrogen and oxygen atoms in total.